The van der Waals surface area contributed by atoms with Crippen LogP contribution >= 0.6 is 34.5 Å². The number of halogens is 2. The number of nitrogens with zero attached hydrogens (tertiary/aromatic N) is 1. The SMILES string of the molecule is Cn1c(C(=O)NCC(O)c2ccsc2)cc(Cl)c1Cl. The Morgan fingerprint density at radius 1 is 1.58 bits per heavy atom. The summed E-state index contributed by atoms with van der Waals surface area (Å²) in [5.41, 5.74) is 1.14. The van der Waals surface area contributed by atoms with E-state index in [4.69, 9.17) is 23.2 Å². The Kier molecular flexibility index (Phi) is 4.52. The molecule has 19 heavy (non-hydrogen) atoms. The molecule has 0 aliphatic rings. The van der Waals surface area contributed by atoms with E-state index in [1.54, 1.807) is 7.05 Å². The van der Waals surface area contributed by atoms with Crippen LogP contribution in [0.25, 0.3) is 0 Å². The Bertz CT molecular complexity index is 581. The molecule has 2 aromatic heterocycles. The fourth-order valence-corrected chi connectivity index (χ4v) is 2.71. The van der Waals surface area contributed by atoms with Gasteiger partial charge in [-0.2, -0.15) is 11.3 Å². The van der Waals surface area contributed by atoms with Crippen LogP contribution in [0, 0.1) is 0 Å². The molecule has 2 heterocycles. The van der Waals surface area contributed by atoms with Crippen molar-refractivity contribution in [2.75, 3.05) is 6.54 Å². The lowest BCUT2D eigenvalue weighted by Crippen LogP contribution is -2.29. The summed E-state index contributed by atoms with van der Waals surface area (Å²) in [4.78, 5) is 11.9. The minimum absolute atomic E-state index is 0.135. The molecule has 1 unspecified atom stereocenters. The highest BCUT2D eigenvalue weighted by Gasteiger charge is 2.17. The maximum Gasteiger partial charge on any atom is 0.268 e. The van der Waals surface area contributed by atoms with Crippen molar-refractivity contribution in [3.8, 4) is 0 Å². The van der Waals surface area contributed by atoms with Gasteiger partial charge in [0.05, 0.1) is 11.1 Å². The molecule has 0 aliphatic heterocycles. The van der Waals surface area contributed by atoms with E-state index >= 15 is 0 Å². The number of nitrogens with one attached hydrogen (secondary N) is 1. The van der Waals surface area contributed by atoms with Crippen molar-refractivity contribution in [2.45, 2.75) is 6.10 Å². The van der Waals surface area contributed by atoms with Gasteiger partial charge in [0.15, 0.2) is 0 Å². The third-order valence-corrected chi connectivity index (χ3v) is 4.28. The molecule has 2 rings (SSSR count). The zero-order valence-corrected chi connectivity index (χ0v) is 12.4. The van der Waals surface area contributed by atoms with E-state index in [2.05, 4.69) is 5.32 Å². The van der Waals surface area contributed by atoms with Gasteiger partial charge in [-0.25, -0.2) is 0 Å². The highest BCUT2D eigenvalue weighted by atomic mass is 35.5. The van der Waals surface area contributed by atoms with Gasteiger partial charge in [0, 0.05) is 13.6 Å². The van der Waals surface area contributed by atoms with Crippen molar-refractivity contribution in [1.82, 2.24) is 9.88 Å². The monoisotopic (exact) mass is 318 g/mol. The molecule has 7 heteroatoms. The van der Waals surface area contributed by atoms with E-state index in [0.29, 0.717) is 15.9 Å². The molecule has 0 spiro atoms. The molecule has 0 saturated heterocycles. The Labute approximate surface area is 124 Å². The van der Waals surface area contributed by atoms with Crippen LogP contribution in [-0.4, -0.2) is 22.1 Å². The van der Waals surface area contributed by atoms with Gasteiger partial charge in [-0.15, -0.1) is 0 Å². The molecule has 1 atom stereocenters. The maximum atomic E-state index is 11.9. The number of hydrogen-bond acceptors (Lipinski definition) is 3. The molecule has 2 N–H and O–H groups in total. The van der Waals surface area contributed by atoms with Gasteiger partial charge in [-0.3, -0.25) is 4.79 Å². The second kappa shape index (κ2) is 5.96. The highest BCUT2D eigenvalue weighted by molar-refractivity contribution is 7.07. The molecule has 2 aromatic rings. The number of rotatable bonds is 4. The second-order valence-corrected chi connectivity index (χ2v) is 5.56. The van der Waals surface area contributed by atoms with E-state index in [0.717, 1.165) is 5.56 Å². The van der Waals surface area contributed by atoms with Crippen molar-refractivity contribution in [3.63, 3.8) is 0 Å². The molecule has 0 fully saturated rings. The summed E-state index contributed by atoms with van der Waals surface area (Å²) in [5, 5.41) is 16.9. The first-order valence-corrected chi connectivity index (χ1v) is 7.19. The largest absolute Gasteiger partial charge is 0.387 e. The molecule has 102 valence electrons. The van der Waals surface area contributed by atoms with Gasteiger partial charge in [-0.05, 0) is 28.5 Å². The Morgan fingerprint density at radius 3 is 2.84 bits per heavy atom. The average molecular weight is 319 g/mol. The summed E-state index contributed by atoms with van der Waals surface area (Å²) < 4.78 is 1.50. The molecule has 0 aromatic carbocycles. The zero-order chi connectivity index (χ0) is 14.0. The molecule has 4 nitrogen and oxygen atoms in total. The molecule has 0 saturated carbocycles. The lowest BCUT2D eigenvalue weighted by Gasteiger charge is -2.11. The van der Waals surface area contributed by atoms with Crippen LogP contribution in [0.15, 0.2) is 22.9 Å². The predicted octanol–water partition coefficient (Wildman–Crippen LogP) is 2.86. The average Bonchev–Trinajstić information content (AvgIpc) is 3.00. The number of aliphatic hydroxyl groups is 1. The van der Waals surface area contributed by atoms with Crippen LogP contribution < -0.4 is 5.32 Å². The van der Waals surface area contributed by atoms with Crippen molar-refractivity contribution >= 4 is 40.4 Å². The van der Waals surface area contributed by atoms with Crippen LogP contribution in [0.1, 0.15) is 22.2 Å². The second-order valence-electron chi connectivity index (χ2n) is 4.01. The predicted molar refractivity (Wildman–Crippen MR) is 77.0 cm³/mol. The summed E-state index contributed by atoms with van der Waals surface area (Å²) in [6.45, 7) is 0.135. The topological polar surface area (TPSA) is 54.3 Å². The lowest BCUT2D eigenvalue weighted by molar-refractivity contribution is 0.0908. The van der Waals surface area contributed by atoms with E-state index in [9.17, 15) is 9.90 Å². The molecule has 1 amide bonds. The van der Waals surface area contributed by atoms with E-state index in [1.807, 2.05) is 16.8 Å². The van der Waals surface area contributed by atoms with Gasteiger partial charge in [0.25, 0.3) is 5.91 Å². The number of amides is 1. The van der Waals surface area contributed by atoms with E-state index < -0.39 is 6.10 Å². The zero-order valence-electron chi connectivity index (χ0n) is 10.1. The smallest absolute Gasteiger partial charge is 0.268 e. The summed E-state index contributed by atoms with van der Waals surface area (Å²) in [6, 6.07) is 3.31. The van der Waals surface area contributed by atoms with Crippen LogP contribution in [0.2, 0.25) is 10.2 Å². The van der Waals surface area contributed by atoms with Crippen molar-refractivity contribution in [2.24, 2.45) is 7.05 Å². The standard InChI is InChI=1S/C12H12Cl2N2O2S/c1-16-9(4-8(13)11(16)14)12(18)15-5-10(17)7-2-3-19-6-7/h2-4,6,10,17H,5H2,1H3,(H,15,18). The molecule has 0 bridgehead atoms. The summed E-state index contributed by atoms with van der Waals surface area (Å²) >= 11 is 13.2. The fourth-order valence-electron chi connectivity index (χ4n) is 1.62. The van der Waals surface area contributed by atoms with Gasteiger partial charge in [-0.1, -0.05) is 23.2 Å². The number of aliphatic hydroxyl groups excluding tert-OH is 1. The van der Waals surface area contributed by atoms with E-state index in [1.165, 1.54) is 22.0 Å². The Morgan fingerprint density at radius 2 is 2.32 bits per heavy atom. The van der Waals surface area contributed by atoms with Crippen molar-refractivity contribution in [1.29, 1.82) is 0 Å². The fraction of sp³-hybridized carbons (Fsp3) is 0.250. The van der Waals surface area contributed by atoms with Crippen LogP contribution in [0.3, 0.4) is 0 Å². The quantitative estimate of drug-likeness (QED) is 0.910. The number of hydrogen-bond donors (Lipinski definition) is 2. The number of carbonyl (C=O) groups excluding carboxylic acids is 1. The first-order valence-electron chi connectivity index (χ1n) is 5.49. The maximum absolute atomic E-state index is 11.9. The summed E-state index contributed by atoms with van der Waals surface area (Å²) in [7, 11) is 1.65. The minimum Gasteiger partial charge on any atom is -0.387 e. The van der Waals surface area contributed by atoms with Gasteiger partial charge < -0.3 is 15.0 Å². The summed E-state index contributed by atoms with van der Waals surface area (Å²) in [5.74, 6) is -0.328. The minimum atomic E-state index is -0.721. The van der Waals surface area contributed by atoms with E-state index in [-0.39, 0.29) is 12.5 Å². The van der Waals surface area contributed by atoms with Crippen molar-refractivity contribution in [3.05, 3.63) is 44.3 Å². The van der Waals surface area contributed by atoms with Gasteiger partial charge >= 0.3 is 0 Å². The molecule has 0 radical (unpaired) electrons. The third kappa shape index (κ3) is 3.12. The number of carbonyl (C=O) groups is 1. The summed E-state index contributed by atoms with van der Waals surface area (Å²) in [6.07, 6.45) is -0.721. The lowest BCUT2D eigenvalue weighted by atomic mass is 10.2. The van der Waals surface area contributed by atoms with Crippen LogP contribution in [-0.2, 0) is 7.05 Å². The Balaban J connectivity index is 2.00. The molecular weight excluding hydrogens is 307 g/mol. The molecule has 0 aliphatic carbocycles. The van der Waals surface area contributed by atoms with Gasteiger partial charge in [0.1, 0.15) is 10.8 Å². The highest BCUT2D eigenvalue weighted by Crippen LogP contribution is 2.25. The van der Waals surface area contributed by atoms with Crippen LogP contribution in [0.4, 0.5) is 0 Å². The third-order valence-electron chi connectivity index (χ3n) is 2.73. The first-order chi connectivity index (χ1) is 9.00. The first kappa shape index (κ1) is 14.4. The number of aromatic nitrogens is 1. The van der Waals surface area contributed by atoms with Gasteiger partial charge in [0.2, 0.25) is 0 Å². The Hall–Kier alpha value is -1.01. The number of thiophene rings is 1. The van der Waals surface area contributed by atoms with Crippen LogP contribution in [0.5, 0.6) is 0 Å². The molecular formula is C12H12Cl2N2O2S. The normalized spacial score (nSPS) is 12.4. The van der Waals surface area contributed by atoms with Crippen molar-refractivity contribution < 1.29 is 9.90 Å².